The van der Waals surface area contributed by atoms with Crippen LogP contribution in [-0.2, 0) is 4.74 Å². The molecule has 1 aliphatic heterocycles. The van der Waals surface area contributed by atoms with Gasteiger partial charge in [0.2, 0.25) is 0 Å². The summed E-state index contributed by atoms with van der Waals surface area (Å²) in [5.41, 5.74) is 2.50. The molecule has 1 heterocycles. The number of benzene rings is 1. The highest BCUT2D eigenvalue weighted by Gasteiger charge is 2.13. The molecule has 2 rings (SSSR count). The number of methoxy groups -OCH3 is 1. The fraction of sp³-hybridized carbons (Fsp3) is 0.600. The van der Waals surface area contributed by atoms with Crippen molar-refractivity contribution in [3.05, 3.63) is 24.3 Å². The molecular weight excluding hydrogens is 224 g/mol. The summed E-state index contributed by atoms with van der Waals surface area (Å²) in [6.07, 6.45) is 2.85. The van der Waals surface area contributed by atoms with Gasteiger partial charge in [-0.15, -0.1) is 0 Å². The van der Waals surface area contributed by atoms with Gasteiger partial charge in [-0.25, -0.2) is 0 Å². The molecule has 100 valence electrons. The predicted molar refractivity (Wildman–Crippen MR) is 77.4 cm³/mol. The fourth-order valence-corrected chi connectivity index (χ4v) is 2.33. The van der Waals surface area contributed by atoms with E-state index in [-0.39, 0.29) is 6.10 Å². The Balaban J connectivity index is 1.94. The van der Waals surface area contributed by atoms with E-state index in [9.17, 15) is 0 Å². The smallest absolute Gasteiger partial charge is 0.0741 e. The lowest BCUT2D eigenvalue weighted by Crippen LogP contribution is -2.29. The van der Waals surface area contributed by atoms with Gasteiger partial charge < -0.3 is 15.0 Å². The summed E-state index contributed by atoms with van der Waals surface area (Å²) in [7, 11) is 1.75. The first-order valence-corrected chi connectivity index (χ1v) is 6.85. The minimum absolute atomic E-state index is 0.211. The summed E-state index contributed by atoms with van der Waals surface area (Å²) in [5, 5.41) is 3.47. The summed E-state index contributed by atoms with van der Waals surface area (Å²) in [6.45, 7) is 6.62. The minimum Gasteiger partial charge on any atom is -0.380 e. The average Bonchev–Trinajstić information content (AvgIpc) is 2.92. The van der Waals surface area contributed by atoms with E-state index in [0.717, 1.165) is 5.69 Å². The normalized spacial score (nSPS) is 18.7. The number of nitrogens with one attached hydrogen (secondary N) is 1. The van der Waals surface area contributed by atoms with Crippen LogP contribution >= 0.6 is 0 Å². The van der Waals surface area contributed by atoms with Crippen molar-refractivity contribution in [2.75, 3.05) is 30.4 Å². The van der Waals surface area contributed by atoms with Crippen LogP contribution in [-0.4, -0.2) is 32.3 Å². The second-order valence-corrected chi connectivity index (χ2v) is 5.11. The van der Waals surface area contributed by atoms with Gasteiger partial charge in [0.25, 0.3) is 0 Å². The van der Waals surface area contributed by atoms with Crippen LogP contribution in [0.1, 0.15) is 26.7 Å². The van der Waals surface area contributed by atoms with Crippen molar-refractivity contribution >= 4 is 11.4 Å². The monoisotopic (exact) mass is 248 g/mol. The summed E-state index contributed by atoms with van der Waals surface area (Å²) < 4.78 is 5.32. The molecule has 0 spiro atoms. The molecule has 1 aliphatic rings. The standard InChI is InChI=1S/C15H24N2O/c1-12(13(2)18-3)16-14-6-8-15(9-7-14)17-10-4-5-11-17/h6-9,12-13,16H,4-5,10-11H2,1-3H3. The molecule has 0 saturated carbocycles. The number of ether oxygens (including phenoxy) is 1. The zero-order valence-electron chi connectivity index (χ0n) is 11.6. The number of rotatable bonds is 5. The number of anilines is 2. The van der Waals surface area contributed by atoms with Crippen molar-refractivity contribution < 1.29 is 4.74 Å². The maximum atomic E-state index is 5.32. The molecule has 0 radical (unpaired) electrons. The topological polar surface area (TPSA) is 24.5 Å². The van der Waals surface area contributed by atoms with Gasteiger partial charge in [0.05, 0.1) is 6.10 Å². The Kier molecular flexibility index (Phi) is 4.48. The van der Waals surface area contributed by atoms with Crippen molar-refractivity contribution in [1.29, 1.82) is 0 Å². The Hall–Kier alpha value is -1.22. The third kappa shape index (κ3) is 3.16. The molecule has 0 aromatic heterocycles. The molecule has 1 aromatic carbocycles. The maximum absolute atomic E-state index is 5.32. The molecule has 2 atom stereocenters. The molecule has 3 nitrogen and oxygen atoms in total. The highest BCUT2D eigenvalue weighted by molar-refractivity contribution is 5.55. The fourth-order valence-electron chi connectivity index (χ4n) is 2.33. The lowest BCUT2D eigenvalue weighted by atomic mass is 10.2. The molecule has 18 heavy (non-hydrogen) atoms. The second-order valence-electron chi connectivity index (χ2n) is 5.11. The maximum Gasteiger partial charge on any atom is 0.0741 e. The Bertz CT molecular complexity index is 357. The van der Waals surface area contributed by atoms with Gasteiger partial charge in [-0.1, -0.05) is 0 Å². The largest absolute Gasteiger partial charge is 0.380 e. The van der Waals surface area contributed by atoms with Gasteiger partial charge in [-0.05, 0) is 51.0 Å². The van der Waals surface area contributed by atoms with Crippen LogP contribution in [0, 0.1) is 0 Å². The van der Waals surface area contributed by atoms with E-state index in [1.54, 1.807) is 7.11 Å². The van der Waals surface area contributed by atoms with Crippen LogP contribution < -0.4 is 10.2 Å². The molecule has 0 amide bonds. The van der Waals surface area contributed by atoms with Crippen LogP contribution in [0.4, 0.5) is 11.4 Å². The van der Waals surface area contributed by atoms with E-state index in [4.69, 9.17) is 4.74 Å². The van der Waals surface area contributed by atoms with Gasteiger partial charge in [0, 0.05) is 37.6 Å². The molecule has 1 aromatic rings. The van der Waals surface area contributed by atoms with E-state index in [0.29, 0.717) is 6.04 Å². The van der Waals surface area contributed by atoms with Crippen molar-refractivity contribution in [2.45, 2.75) is 38.8 Å². The lowest BCUT2D eigenvalue weighted by Gasteiger charge is -2.22. The van der Waals surface area contributed by atoms with Crippen LogP contribution in [0.15, 0.2) is 24.3 Å². The molecular formula is C15H24N2O. The molecule has 2 unspecified atom stereocenters. The molecule has 1 saturated heterocycles. The van der Waals surface area contributed by atoms with E-state index in [1.165, 1.54) is 31.6 Å². The van der Waals surface area contributed by atoms with Crippen molar-refractivity contribution in [2.24, 2.45) is 0 Å². The average molecular weight is 248 g/mol. The highest BCUT2D eigenvalue weighted by Crippen LogP contribution is 2.22. The van der Waals surface area contributed by atoms with E-state index >= 15 is 0 Å². The highest BCUT2D eigenvalue weighted by atomic mass is 16.5. The Labute approximate surface area is 110 Å². The van der Waals surface area contributed by atoms with E-state index in [2.05, 4.69) is 48.3 Å². The molecule has 0 aliphatic carbocycles. The Morgan fingerprint density at radius 3 is 2.28 bits per heavy atom. The van der Waals surface area contributed by atoms with Gasteiger partial charge in [-0.2, -0.15) is 0 Å². The van der Waals surface area contributed by atoms with E-state index in [1.807, 2.05) is 0 Å². The Morgan fingerprint density at radius 2 is 1.72 bits per heavy atom. The van der Waals surface area contributed by atoms with Gasteiger partial charge in [0.1, 0.15) is 0 Å². The SMILES string of the molecule is COC(C)C(C)Nc1ccc(N2CCCC2)cc1. The van der Waals surface area contributed by atoms with Crippen LogP contribution in [0.2, 0.25) is 0 Å². The van der Waals surface area contributed by atoms with Gasteiger partial charge in [0.15, 0.2) is 0 Å². The minimum atomic E-state index is 0.211. The summed E-state index contributed by atoms with van der Waals surface area (Å²) in [6, 6.07) is 9.04. The summed E-state index contributed by atoms with van der Waals surface area (Å²) in [4.78, 5) is 2.45. The van der Waals surface area contributed by atoms with Crippen molar-refractivity contribution in [3.63, 3.8) is 0 Å². The predicted octanol–water partition coefficient (Wildman–Crippen LogP) is 3.12. The molecule has 1 N–H and O–H groups in total. The first kappa shape index (κ1) is 13.2. The van der Waals surface area contributed by atoms with Crippen LogP contribution in [0.5, 0.6) is 0 Å². The van der Waals surface area contributed by atoms with E-state index < -0.39 is 0 Å². The quantitative estimate of drug-likeness (QED) is 0.866. The van der Waals surface area contributed by atoms with Crippen molar-refractivity contribution in [1.82, 2.24) is 0 Å². The van der Waals surface area contributed by atoms with Crippen LogP contribution in [0.3, 0.4) is 0 Å². The number of hydrogen-bond acceptors (Lipinski definition) is 3. The lowest BCUT2D eigenvalue weighted by molar-refractivity contribution is 0.106. The first-order valence-electron chi connectivity index (χ1n) is 6.85. The number of nitrogens with zero attached hydrogens (tertiary/aromatic N) is 1. The number of hydrogen-bond donors (Lipinski definition) is 1. The summed E-state index contributed by atoms with van der Waals surface area (Å²) >= 11 is 0. The van der Waals surface area contributed by atoms with Crippen LogP contribution in [0.25, 0.3) is 0 Å². The zero-order valence-corrected chi connectivity index (χ0v) is 11.6. The first-order chi connectivity index (χ1) is 8.70. The molecule has 1 fully saturated rings. The van der Waals surface area contributed by atoms with Gasteiger partial charge in [-0.3, -0.25) is 0 Å². The van der Waals surface area contributed by atoms with Crippen molar-refractivity contribution in [3.8, 4) is 0 Å². The molecule has 3 heteroatoms. The third-order valence-electron chi connectivity index (χ3n) is 3.81. The molecule has 0 bridgehead atoms. The summed E-state index contributed by atoms with van der Waals surface area (Å²) in [5.74, 6) is 0. The second kappa shape index (κ2) is 6.10. The third-order valence-corrected chi connectivity index (χ3v) is 3.81. The van der Waals surface area contributed by atoms with Gasteiger partial charge >= 0.3 is 0 Å². The Morgan fingerprint density at radius 1 is 1.11 bits per heavy atom. The zero-order chi connectivity index (χ0) is 13.0.